The molecular weight excluding hydrogens is 269 g/mol. The molecule has 2 aromatic rings. The van der Waals surface area contributed by atoms with Crippen molar-refractivity contribution in [3.05, 3.63) is 29.6 Å². The minimum absolute atomic E-state index is 0.0462. The van der Waals surface area contributed by atoms with Crippen molar-refractivity contribution in [3.63, 3.8) is 0 Å². The van der Waals surface area contributed by atoms with E-state index in [1.54, 1.807) is 7.05 Å². The fraction of sp³-hybridized carbons (Fsp3) is 0.385. The lowest BCUT2D eigenvalue weighted by molar-refractivity contribution is -0.136. The van der Waals surface area contributed by atoms with Crippen molar-refractivity contribution in [3.8, 4) is 0 Å². The number of likely N-dealkylation sites (N-methyl/N-ethyl adjacent to an activating group) is 1. The first kappa shape index (κ1) is 14.5. The molecule has 0 aliphatic rings. The smallest absolute Gasteiger partial charge is 0.383 e. The molecule has 1 unspecified atom stereocenters. The number of nitrogens with two attached hydrogens (primary N) is 1. The monoisotopic (exact) mass is 284 g/mol. The van der Waals surface area contributed by atoms with E-state index in [0.717, 1.165) is 6.07 Å². The first-order valence-corrected chi connectivity index (χ1v) is 6.12. The van der Waals surface area contributed by atoms with Crippen LogP contribution in [0.15, 0.2) is 18.2 Å². The normalized spacial score (nSPS) is 13.7. The van der Waals surface area contributed by atoms with Crippen LogP contribution in [0.4, 0.5) is 19.0 Å². The molecule has 0 bridgehead atoms. The van der Waals surface area contributed by atoms with E-state index in [1.165, 1.54) is 12.1 Å². The third-order valence-corrected chi connectivity index (χ3v) is 3.09. The number of hydrogen-bond donors (Lipinski definition) is 2. The highest BCUT2D eigenvalue weighted by Crippen LogP contribution is 2.34. The van der Waals surface area contributed by atoms with Gasteiger partial charge in [-0.15, -0.1) is 0 Å². The molecule has 1 aromatic carbocycles. The number of rotatable bonds is 3. The summed E-state index contributed by atoms with van der Waals surface area (Å²) in [5.74, 6) is 0.368. The first-order valence-electron chi connectivity index (χ1n) is 6.12. The maximum atomic E-state index is 13.0. The van der Waals surface area contributed by atoms with Gasteiger partial charge in [0, 0.05) is 17.8 Å². The van der Waals surface area contributed by atoms with E-state index < -0.39 is 11.7 Å². The van der Waals surface area contributed by atoms with Crippen LogP contribution in [-0.2, 0) is 12.6 Å². The third kappa shape index (κ3) is 2.82. The minimum Gasteiger partial charge on any atom is -0.383 e. The summed E-state index contributed by atoms with van der Waals surface area (Å²) >= 11 is 0. The van der Waals surface area contributed by atoms with Crippen LogP contribution in [0, 0.1) is 0 Å². The average molecular weight is 284 g/mol. The summed E-state index contributed by atoms with van der Waals surface area (Å²) in [5, 5.41) is 3.21. The number of nitrogens with zero attached hydrogens (tertiary/aromatic N) is 2. The number of anilines is 1. The van der Waals surface area contributed by atoms with Gasteiger partial charge in [0.1, 0.15) is 11.6 Å². The van der Waals surface area contributed by atoms with Crippen molar-refractivity contribution >= 4 is 16.7 Å². The standard InChI is InChI=1S/C13H15F3N4/c1-7(18-2)6-10-19-11-8(12(17)20-10)4-3-5-9(11)13(14,15)16/h3-5,7,18H,6H2,1-2H3,(H2,17,19,20). The maximum Gasteiger partial charge on any atom is 0.418 e. The Hall–Kier alpha value is -1.89. The van der Waals surface area contributed by atoms with Gasteiger partial charge in [0.2, 0.25) is 0 Å². The molecule has 0 spiro atoms. The predicted octanol–water partition coefficient (Wildman–Crippen LogP) is 2.38. The second-order valence-electron chi connectivity index (χ2n) is 4.62. The maximum absolute atomic E-state index is 13.0. The number of alkyl halides is 3. The van der Waals surface area contributed by atoms with Crippen LogP contribution in [0.5, 0.6) is 0 Å². The Bertz CT molecular complexity index is 625. The topological polar surface area (TPSA) is 63.8 Å². The van der Waals surface area contributed by atoms with Gasteiger partial charge in [0.25, 0.3) is 0 Å². The molecule has 1 aromatic heterocycles. The largest absolute Gasteiger partial charge is 0.418 e. The molecule has 108 valence electrons. The van der Waals surface area contributed by atoms with Gasteiger partial charge in [-0.05, 0) is 26.1 Å². The Morgan fingerprint density at radius 2 is 2.00 bits per heavy atom. The number of nitrogens with one attached hydrogen (secondary N) is 1. The lowest BCUT2D eigenvalue weighted by Crippen LogP contribution is -2.25. The highest BCUT2D eigenvalue weighted by molar-refractivity contribution is 5.90. The van der Waals surface area contributed by atoms with Crippen LogP contribution in [0.1, 0.15) is 18.3 Å². The number of hydrogen-bond acceptors (Lipinski definition) is 4. The average Bonchev–Trinajstić information content (AvgIpc) is 2.36. The Labute approximate surface area is 114 Å². The van der Waals surface area contributed by atoms with E-state index in [-0.39, 0.29) is 22.8 Å². The number of fused-ring (bicyclic) bond motifs is 1. The van der Waals surface area contributed by atoms with Gasteiger partial charge >= 0.3 is 6.18 Å². The van der Waals surface area contributed by atoms with Gasteiger partial charge in [-0.25, -0.2) is 9.97 Å². The molecule has 0 aliphatic heterocycles. The number of nitrogen functional groups attached to an aromatic ring is 1. The van der Waals surface area contributed by atoms with Gasteiger partial charge < -0.3 is 11.1 Å². The molecule has 3 N–H and O–H groups in total. The van der Waals surface area contributed by atoms with E-state index in [9.17, 15) is 13.2 Å². The first-order chi connectivity index (χ1) is 9.32. The summed E-state index contributed by atoms with van der Waals surface area (Å²) < 4.78 is 39.0. The molecule has 1 atom stereocenters. The van der Waals surface area contributed by atoms with Crippen LogP contribution in [0.25, 0.3) is 10.9 Å². The Morgan fingerprint density at radius 1 is 1.30 bits per heavy atom. The van der Waals surface area contributed by atoms with Gasteiger partial charge in [-0.1, -0.05) is 6.07 Å². The van der Waals surface area contributed by atoms with Crippen LogP contribution < -0.4 is 11.1 Å². The zero-order chi connectivity index (χ0) is 14.9. The second kappa shape index (κ2) is 5.24. The molecule has 0 fully saturated rings. The summed E-state index contributed by atoms with van der Waals surface area (Å²) in [6.45, 7) is 1.89. The molecule has 1 heterocycles. The minimum atomic E-state index is -4.47. The van der Waals surface area contributed by atoms with E-state index in [4.69, 9.17) is 5.73 Å². The molecule has 20 heavy (non-hydrogen) atoms. The predicted molar refractivity (Wildman–Crippen MR) is 71.2 cm³/mol. The fourth-order valence-corrected chi connectivity index (χ4v) is 1.92. The van der Waals surface area contributed by atoms with E-state index in [1.807, 2.05) is 6.92 Å². The molecule has 0 amide bonds. The number of halogens is 3. The van der Waals surface area contributed by atoms with Crippen molar-refractivity contribution in [2.45, 2.75) is 25.6 Å². The molecule has 7 heteroatoms. The van der Waals surface area contributed by atoms with Crippen molar-refractivity contribution in [1.82, 2.24) is 15.3 Å². The molecule has 0 radical (unpaired) electrons. The highest BCUT2D eigenvalue weighted by atomic mass is 19.4. The SMILES string of the molecule is CNC(C)Cc1nc(N)c2cccc(C(F)(F)F)c2n1. The molecule has 4 nitrogen and oxygen atoms in total. The highest BCUT2D eigenvalue weighted by Gasteiger charge is 2.33. The zero-order valence-electron chi connectivity index (χ0n) is 11.1. The van der Waals surface area contributed by atoms with Crippen molar-refractivity contribution in [2.24, 2.45) is 0 Å². The number of para-hydroxylation sites is 1. The lowest BCUT2D eigenvalue weighted by atomic mass is 10.1. The van der Waals surface area contributed by atoms with Crippen LogP contribution in [0.3, 0.4) is 0 Å². The molecule has 0 saturated carbocycles. The molecule has 2 rings (SSSR count). The van der Waals surface area contributed by atoms with E-state index in [2.05, 4.69) is 15.3 Å². The van der Waals surface area contributed by atoms with Crippen molar-refractivity contribution in [2.75, 3.05) is 12.8 Å². The summed E-state index contributed by atoms with van der Waals surface area (Å²) in [7, 11) is 1.76. The molecule has 0 saturated heterocycles. The fourth-order valence-electron chi connectivity index (χ4n) is 1.92. The Morgan fingerprint density at radius 3 is 2.60 bits per heavy atom. The van der Waals surface area contributed by atoms with Crippen molar-refractivity contribution < 1.29 is 13.2 Å². The van der Waals surface area contributed by atoms with Crippen LogP contribution >= 0.6 is 0 Å². The van der Waals surface area contributed by atoms with Crippen molar-refractivity contribution in [1.29, 1.82) is 0 Å². The molecular formula is C13H15F3N4. The summed E-state index contributed by atoms with van der Waals surface area (Å²) in [6.07, 6.45) is -4.06. The van der Waals surface area contributed by atoms with Gasteiger partial charge in [0.15, 0.2) is 0 Å². The second-order valence-corrected chi connectivity index (χ2v) is 4.62. The number of aromatic nitrogens is 2. The third-order valence-electron chi connectivity index (χ3n) is 3.09. The van der Waals surface area contributed by atoms with Gasteiger partial charge in [0.05, 0.1) is 11.1 Å². The van der Waals surface area contributed by atoms with E-state index in [0.29, 0.717) is 12.2 Å². The summed E-state index contributed by atoms with van der Waals surface area (Å²) in [6, 6.07) is 3.84. The molecule has 0 aliphatic carbocycles. The van der Waals surface area contributed by atoms with Crippen LogP contribution in [0.2, 0.25) is 0 Å². The quantitative estimate of drug-likeness (QED) is 0.908. The Balaban J connectivity index is 2.61. The van der Waals surface area contributed by atoms with Crippen LogP contribution in [-0.4, -0.2) is 23.1 Å². The van der Waals surface area contributed by atoms with E-state index >= 15 is 0 Å². The van der Waals surface area contributed by atoms with Gasteiger partial charge in [-0.3, -0.25) is 0 Å². The number of benzene rings is 1. The van der Waals surface area contributed by atoms with Gasteiger partial charge in [-0.2, -0.15) is 13.2 Å². The zero-order valence-corrected chi connectivity index (χ0v) is 11.1. The Kier molecular flexibility index (Phi) is 3.80. The summed E-state index contributed by atoms with van der Waals surface area (Å²) in [4.78, 5) is 8.11. The lowest BCUT2D eigenvalue weighted by Gasteiger charge is -2.13. The summed E-state index contributed by atoms with van der Waals surface area (Å²) in [5.41, 5.74) is 4.81.